The Bertz CT molecular complexity index is 2990. The second-order valence-corrected chi connectivity index (χ2v) is 28.3. The molecule has 0 spiro atoms. The largest absolute Gasteiger partial charge is 0.464 e. The molecule has 29 heteroatoms. The Labute approximate surface area is 528 Å². The van der Waals surface area contributed by atoms with Crippen molar-refractivity contribution in [1.82, 2.24) is 51.0 Å². The summed E-state index contributed by atoms with van der Waals surface area (Å²) in [6.07, 6.45) is 4.39. The molecular weight excluding hydrogens is 1370 g/mol. The molecule has 472 valence electrons. The zero-order valence-electron chi connectivity index (χ0n) is 50.4. The maximum atomic E-state index is 14.2. The van der Waals surface area contributed by atoms with Crippen LogP contribution in [0.15, 0.2) is 65.2 Å². The highest BCUT2D eigenvalue weighted by Gasteiger charge is 2.63. The van der Waals surface area contributed by atoms with Crippen molar-refractivity contribution in [2.45, 2.75) is 181 Å². The van der Waals surface area contributed by atoms with Crippen LogP contribution in [0.5, 0.6) is 0 Å². The molecule has 25 nitrogen and oxygen atoms in total. The van der Waals surface area contributed by atoms with Gasteiger partial charge in [0.25, 0.3) is 11.1 Å². The number of carbonyl (C=O) groups excluding carboxylic acids is 8. The van der Waals surface area contributed by atoms with Crippen molar-refractivity contribution in [3.8, 4) is 0 Å². The molecule has 4 aliphatic rings. The number of nitrogens with one attached hydrogen (secondary N) is 5. The Kier molecular flexibility index (Phi) is 24.2. The van der Waals surface area contributed by atoms with Crippen molar-refractivity contribution in [2.75, 3.05) is 26.3 Å². The molecule has 2 aliphatic carbocycles. The molecule has 0 radical (unpaired) electrons. The quantitative estimate of drug-likeness (QED) is 0.0649. The van der Waals surface area contributed by atoms with Crippen LogP contribution in [0.25, 0.3) is 0 Å². The Morgan fingerprint density at radius 3 is 1.46 bits per heavy atom. The number of ether oxygens (including phenoxy) is 4. The number of nitrogens with zero attached hydrogens (tertiary/aromatic N) is 5. The average Bonchev–Trinajstić information content (AvgIpc) is 1.68. The standard InChI is InChI=1S/C28H39Br2N5O7.C24H39N3O7.C4H2Br2N2O/c1-9-15-12-28(15,24(39)41-10-2)33-21(36)18-11-16(35-22(37)19(30)17(29)13-31-35)14-34(18)23(38)20(26(3,4)5)32-25(40)42-27(6,7)8;1-9-14-12-24(14,20(31)33-10-2)26-18(29)16-11-15(28)13-27(16)19(30)17(22(3,4)5)25-21(32)34-23(6,7)8;5-2-1-7-8-4(9)3(2)6/h9,13,15-16,18,20H,1,10-12,14H2,2-8H3,(H,32,40)(H,33,36);9,14-17,28H,1,10-13H2,2-8H3,(H,25,32)(H,26,29);1H,(H,8,9)/t15-,16-,18+,20-,28-;14-,15+,16+,17-,24-;/m11./s1. The SMILES string of the molecule is C=C[C@@H]1C[C@]1(NC(=O)[C@@H]1C[C@@H](n2ncc(Br)c(Br)c2=O)CN1C(=O)[C@@H](NC(=O)OC(C)(C)C)C(C)(C)C)C(=O)OCC.C=C[C@@H]1C[C@]1(NC(=O)[C@@H]1C[C@H](O)CN1C(=O)[C@@H](NC(=O)OC(C)(C)C)C(C)(C)C)C(=O)OCC.O=c1[nH]ncc(Br)c1Br. The lowest BCUT2D eigenvalue weighted by Crippen LogP contribution is -2.59. The first-order chi connectivity index (χ1) is 39.1. The molecule has 2 aliphatic heterocycles. The van der Waals surface area contributed by atoms with Gasteiger partial charge in [0.15, 0.2) is 0 Å². The number of aromatic nitrogens is 4. The predicted molar refractivity (Wildman–Crippen MR) is 326 cm³/mol. The van der Waals surface area contributed by atoms with Crippen LogP contribution in [0.3, 0.4) is 0 Å². The summed E-state index contributed by atoms with van der Waals surface area (Å²) in [4.78, 5) is 132. The highest BCUT2D eigenvalue weighted by Crippen LogP contribution is 2.47. The summed E-state index contributed by atoms with van der Waals surface area (Å²) >= 11 is 12.7. The molecule has 0 aromatic carbocycles. The van der Waals surface area contributed by atoms with E-state index in [1.807, 2.05) is 0 Å². The lowest BCUT2D eigenvalue weighted by atomic mass is 9.85. The number of hydrogen-bond acceptors (Lipinski definition) is 17. The zero-order chi connectivity index (χ0) is 64.7. The fraction of sp³-hybridized carbons (Fsp3) is 0.643. The van der Waals surface area contributed by atoms with Gasteiger partial charge in [0.05, 0.1) is 51.2 Å². The van der Waals surface area contributed by atoms with E-state index in [-0.39, 0.29) is 61.0 Å². The lowest BCUT2D eigenvalue weighted by molar-refractivity contribution is -0.150. The van der Waals surface area contributed by atoms with E-state index in [4.69, 9.17) is 18.9 Å². The van der Waals surface area contributed by atoms with Gasteiger partial charge in [-0.15, -0.1) is 13.2 Å². The monoisotopic (exact) mass is 1450 g/mol. The van der Waals surface area contributed by atoms with E-state index in [9.17, 15) is 53.1 Å². The van der Waals surface area contributed by atoms with E-state index in [1.165, 1.54) is 26.9 Å². The number of halogens is 4. The molecule has 0 unspecified atom stereocenters. The Balaban J connectivity index is 0.000000322. The van der Waals surface area contributed by atoms with Gasteiger partial charge in [-0.05, 0) is 143 Å². The molecule has 2 aromatic heterocycles. The lowest BCUT2D eigenvalue weighted by Gasteiger charge is -2.36. The highest BCUT2D eigenvalue weighted by molar-refractivity contribution is 9.13. The van der Waals surface area contributed by atoms with Crippen molar-refractivity contribution in [1.29, 1.82) is 0 Å². The number of amides is 6. The molecular formula is C56H80Br4N10O15. The smallest absolute Gasteiger partial charge is 0.408 e. The summed E-state index contributed by atoms with van der Waals surface area (Å²) in [6.45, 7) is 31.9. The van der Waals surface area contributed by atoms with Crippen LogP contribution >= 0.6 is 63.7 Å². The minimum atomic E-state index is -1.28. The molecule has 85 heavy (non-hydrogen) atoms. The Hall–Kier alpha value is -5.52. The van der Waals surface area contributed by atoms with E-state index >= 15 is 0 Å². The van der Waals surface area contributed by atoms with Gasteiger partial charge in [-0.1, -0.05) is 53.7 Å². The number of alkyl carbamates (subject to hydrolysis) is 2. The minimum Gasteiger partial charge on any atom is -0.464 e. The zero-order valence-corrected chi connectivity index (χ0v) is 56.8. The second kappa shape index (κ2) is 28.5. The number of carbonyl (C=O) groups is 8. The molecule has 2 aromatic rings. The fourth-order valence-corrected chi connectivity index (χ4v) is 10.5. The first-order valence-corrected chi connectivity index (χ1v) is 30.6. The normalized spacial score (nSPS) is 24.0. The molecule has 4 fully saturated rings. The van der Waals surface area contributed by atoms with Crippen LogP contribution in [-0.2, 0) is 47.7 Å². The summed E-state index contributed by atoms with van der Waals surface area (Å²) in [5, 5.41) is 31.2. The van der Waals surface area contributed by atoms with Crippen LogP contribution in [0.1, 0.15) is 129 Å². The second-order valence-electron chi connectivity index (χ2n) is 25.1. The topological polar surface area (TPSA) is 329 Å². The number of rotatable bonds is 15. The summed E-state index contributed by atoms with van der Waals surface area (Å²) < 4.78 is 24.1. The van der Waals surface area contributed by atoms with E-state index in [0.717, 1.165) is 0 Å². The summed E-state index contributed by atoms with van der Waals surface area (Å²) in [5.74, 6) is -3.94. The molecule has 10 atom stereocenters. The van der Waals surface area contributed by atoms with E-state index < -0.39 is 123 Å². The number of likely N-dealkylation sites (tertiary alicyclic amines) is 2. The number of β-amino-alcohol motifs (C(OH)–C–C–N with tert-alkyl or cyclic N) is 1. The fourth-order valence-electron chi connectivity index (χ4n) is 9.45. The number of aliphatic hydroxyl groups excluding tert-OH is 1. The van der Waals surface area contributed by atoms with Crippen LogP contribution < -0.4 is 32.4 Å². The third kappa shape index (κ3) is 18.5. The number of esters is 2. The third-order valence-corrected chi connectivity index (χ3v) is 17.7. The number of aliphatic hydroxyl groups is 1. The van der Waals surface area contributed by atoms with Crippen molar-refractivity contribution in [3.63, 3.8) is 0 Å². The van der Waals surface area contributed by atoms with Crippen molar-refractivity contribution < 1.29 is 62.4 Å². The van der Waals surface area contributed by atoms with Crippen molar-refractivity contribution >= 4 is 111 Å². The van der Waals surface area contributed by atoms with E-state index in [2.05, 4.69) is 113 Å². The van der Waals surface area contributed by atoms with Crippen LogP contribution in [0.4, 0.5) is 9.59 Å². The van der Waals surface area contributed by atoms with Gasteiger partial charge in [-0.2, -0.15) is 10.2 Å². The van der Waals surface area contributed by atoms with Crippen LogP contribution in [0.2, 0.25) is 0 Å². The van der Waals surface area contributed by atoms with Gasteiger partial charge in [0.1, 0.15) is 50.9 Å². The summed E-state index contributed by atoms with van der Waals surface area (Å²) in [6, 6.07) is -4.85. The average molecular weight is 1450 g/mol. The first kappa shape index (κ1) is 72.0. The van der Waals surface area contributed by atoms with Gasteiger partial charge in [-0.25, -0.2) is 29.0 Å². The minimum absolute atomic E-state index is 0.0124. The highest BCUT2D eigenvalue weighted by atomic mass is 79.9. The van der Waals surface area contributed by atoms with Gasteiger partial charge in [0.2, 0.25) is 23.6 Å². The van der Waals surface area contributed by atoms with E-state index in [1.54, 1.807) is 109 Å². The Morgan fingerprint density at radius 2 is 1.09 bits per heavy atom. The van der Waals surface area contributed by atoms with Gasteiger partial charge in [0, 0.05) is 37.8 Å². The van der Waals surface area contributed by atoms with Crippen LogP contribution in [-0.4, -0.2) is 161 Å². The number of H-pyrrole nitrogens is 1. The number of hydrogen-bond donors (Lipinski definition) is 6. The summed E-state index contributed by atoms with van der Waals surface area (Å²) in [5.41, 5.74) is -6.21. The van der Waals surface area contributed by atoms with E-state index in [0.29, 0.717) is 26.3 Å². The van der Waals surface area contributed by atoms with Gasteiger partial charge < -0.3 is 55.1 Å². The number of aromatic amines is 1. The van der Waals surface area contributed by atoms with Crippen LogP contribution in [0, 0.1) is 22.7 Å². The van der Waals surface area contributed by atoms with Gasteiger partial charge >= 0.3 is 24.1 Å². The molecule has 2 saturated carbocycles. The molecule has 6 rings (SSSR count). The van der Waals surface area contributed by atoms with Gasteiger partial charge in [-0.3, -0.25) is 28.8 Å². The third-order valence-electron chi connectivity index (χ3n) is 13.8. The van der Waals surface area contributed by atoms with Crippen molar-refractivity contribution in [3.05, 3.63) is 76.3 Å². The summed E-state index contributed by atoms with van der Waals surface area (Å²) in [7, 11) is 0. The molecule has 6 N–H and O–H groups in total. The molecule has 0 bridgehead atoms. The predicted octanol–water partition coefficient (Wildman–Crippen LogP) is 6.28. The maximum absolute atomic E-state index is 14.2. The first-order valence-electron chi connectivity index (χ1n) is 27.5. The Morgan fingerprint density at radius 1 is 0.682 bits per heavy atom. The maximum Gasteiger partial charge on any atom is 0.408 e. The molecule has 6 amide bonds. The van der Waals surface area contributed by atoms with Crippen molar-refractivity contribution in [2.24, 2.45) is 22.7 Å². The molecule has 4 heterocycles. The molecule has 2 saturated heterocycles.